The van der Waals surface area contributed by atoms with E-state index in [1.165, 1.54) is 0 Å². The molecule has 0 aliphatic carbocycles. The molecule has 1 aromatic rings. The first kappa shape index (κ1) is 29.6. The zero-order chi connectivity index (χ0) is 27.7. The van der Waals surface area contributed by atoms with Gasteiger partial charge in [-0.25, -0.2) is 4.79 Å². The van der Waals surface area contributed by atoms with Crippen molar-refractivity contribution < 1.29 is 38.1 Å². The fourth-order valence-corrected chi connectivity index (χ4v) is 4.74. The van der Waals surface area contributed by atoms with Gasteiger partial charge in [0.15, 0.2) is 5.75 Å². The van der Waals surface area contributed by atoms with Crippen LogP contribution in [0.2, 0.25) is 0 Å². The molecule has 1 saturated heterocycles. The number of methoxy groups -OCH3 is 1. The van der Waals surface area contributed by atoms with Crippen LogP contribution in [0.3, 0.4) is 0 Å². The Bertz CT molecular complexity index is 1040. The summed E-state index contributed by atoms with van der Waals surface area (Å²) in [6.45, 7) is 12.0. The summed E-state index contributed by atoms with van der Waals surface area (Å²) in [5.41, 5.74) is 3.37. The number of ether oxygens (including phenoxy) is 5. The van der Waals surface area contributed by atoms with Gasteiger partial charge in [-0.15, -0.1) is 0 Å². The molecule has 1 aromatic carbocycles. The number of nitrogens with zero attached hydrogens (tertiary/aromatic N) is 1. The SMILES string of the molecule is CCCC(C)C(=O)Oc1c(C/C=C(\C)CCC(=O)OCCN2CCOCC2)c(OC)c(C)c2c1C(=O)OC2. The Labute approximate surface area is 225 Å². The van der Waals surface area contributed by atoms with E-state index in [1.54, 1.807) is 7.11 Å². The van der Waals surface area contributed by atoms with Gasteiger partial charge in [-0.05, 0) is 38.7 Å². The highest BCUT2D eigenvalue weighted by Crippen LogP contribution is 2.43. The predicted octanol–water partition coefficient (Wildman–Crippen LogP) is 4.16. The van der Waals surface area contributed by atoms with E-state index < -0.39 is 5.97 Å². The second-order valence-electron chi connectivity index (χ2n) is 9.94. The Hall–Kier alpha value is -2.91. The molecule has 2 aliphatic rings. The van der Waals surface area contributed by atoms with Crippen LogP contribution < -0.4 is 9.47 Å². The van der Waals surface area contributed by atoms with Crippen LogP contribution in [0.4, 0.5) is 0 Å². The maximum atomic E-state index is 12.9. The molecular weight excluding hydrogens is 490 g/mol. The lowest BCUT2D eigenvalue weighted by Gasteiger charge is -2.26. The van der Waals surface area contributed by atoms with Gasteiger partial charge >= 0.3 is 17.9 Å². The summed E-state index contributed by atoms with van der Waals surface area (Å²) in [6, 6.07) is 0. The molecule has 0 bridgehead atoms. The van der Waals surface area contributed by atoms with E-state index in [2.05, 4.69) is 4.90 Å². The maximum Gasteiger partial charge on any atom is 0.342 e. The van der Waals surface area contributed by atoms with Gasteiger partial charge in [0.1, 0.15) is 24.5 Å². The molecule has 0 spiro atoms. The Morgan fingerprint density at radius 2 is 1.89 bits per heavy atom. The van der Waals surface area contributed by atoms with Gasteiger partial charge in [0.2, 0.25) is 0 Å². The van der Waals surface area contributed by atoms with Gasteiger partial charge in [-0.2, -0.15) is 0 Å². The Kier molecular flexibility index (Phi) is 11.2. The molecule has 38 heavy (non-hydrogen) atoms. The lowest BCUT2D eigenvalue weighted by atomic mass is 9.94. The van der Waals surface area contributed by atoms with Gasteiger partial charge in [-0.1, -0.05) is 31.9 Å². The number of hydrogen-bond donors (Lipinski definition) is 0. The molecule has 0 aromatic heterocycles. The summed E-state index contributed by atoms with van der Waals surface area (Å²) in [4.78, 5) is 40.0. The first-order valence-electron chi connectivity index (χ1n) is 13.5. The van der Waals surface area contributed by atoms with Gasteiger partial charge in [0, 0.05) is 37.2 Å². The minimum Gasteiger partial charge on any atom is -0.496 e. The van der Waals surface area contributed by atoms with Gasteiger partial charge in [0.05, 0.1) is 26.2 Å². The van der Waals surface area contributed by atoms with E-state index in [9.17, 15) is 14.4 Å². The number of morpholine rings is 1. The molecule has 1 atom stereocenters. The number of rotatable bonds is 13. The van der Waals surface area contributed by atoms with Crippen molar-refractivity contribution in [2.75, 3.05) is 46.6 Å². The topological polar surface area (TPSA) is 101 Å². The van der Waals surface area contributed by atoms with Gasteiger partial charge < -0.3 is 23.7 Å². The summed E-state index contributed by atoms with van der Waals surface area (Å²) in [6.07, 6.45) is 4.68. The van der Waals surface area contributed by atoms with Crippen molar-refractivity contribution in [3.8, 4) is 11.5 Å². The van der Waals surface area contributed by atoms with Crippen LogP contribution in [-0.4, -0.2) is 69.4 Å². The van der Waals surface area contributed by atoms with E-state index >= 15 is 0 Å². The minimum absolute atomic E-state index is 0.119. The Balaban J connectivity index is 1.70. The Morgan fingerprint density at radius 3 is 2.58 bits per heavy atom. The highest BCUT2D eigenvalue weighted by molar-refractivity contribution is 5.99. The number of fused-ring (bicyclic) bond motifs is 1. The number of carbonyl (C=O) groups excluding carboxylic acids is 3. The minimum atomic E-state index is -0.501. The maximum absolute atomic E-state index is 12.9. The number of carbonyl (C=O) groups is 3. The summed E-state index contributed by atoms with van der Waals surface area (Å²) < 4.78 is 27.6. The summed E-state index contributed by atoms with van der Waals surface area (Å²) in [5, 5.41) is 0. The van der Waals surface area contributed by atoms with Crippen LogP contribution in [0.5, 0.6) is 11.5 Å². The second-order valence-corrected chi connectivity index (χ2v) is 9.94. The fourth-order valence-electron chi connectivity index (χ4n) is 4.74. The quantitative estimate of drug-likeness (QED) is 0.211. The van der Waals surface area contributed by atoms with E-state index in [-0.39, 0.29) is 36.6 Å². The number of allylic oxidation sites excluding steroid dienone is 2. The fraction of sp³-hybridized carbons (Fsp3) is 0.621. The molecule has 0 saturated carbocycles. The van der Waals surface area contributed by atoms with Crippen molar-refractivity contribution >= 4 is 17.9 Å². The third kappa shape index (κ3) is 7.57. The molecule has 1 fully saturated rings. The van der Waals surface area contributed by atoms with Crippen molar-refractivity contribution in [3.05, 3.63) is 33.9 Å². The predicted molar refractivity (Wildman–Crippen MR) is 141 cm³/mol. The Morgan fingerprint density at radius 1 is 1.16 bits per heavy atom. The number of cyclic esters (lactones) is 1. The van der Waals surface area contributed by atoms with E-state index in [1.807, 2.05) is 33.8 Å². The van der Waals surface area contributed by atoms with Crippen molar-refractivity contribution in [2.45, 2.75) is 66.4 Å². The lowest BCUT2D eigenvalue weighted by molar-refractivity contribution is -0.144. The molecule has 210 valence electrons. The third-order valence-electron chi connectivity index (χ3n) is 7.11. The highest BCUT2D eigenvalue weighted by atomic mass is 16.6. The first-order valence-corrected chi connectivity index (χ1v) is 13.5. The third-order valence-corrected chi connectivity index (χ3v) is 7.11. The van der Waals surface area contributed by atoms with Crippen molar-refractivity contribution in [1.82, 2.24) is 4.90 Å². The number of hydrogen-bond acceptors (Lipinski definition) is 9. The molecule has 1 unspecified atom stereocenters. The molecule has 3 rings (SSSR count). The molecule has 9 heteroatoms. The van der Waals surface area contributed by atoms with E-state index in [0.717, 1.165) is 30.6 Å². The summed E-state index contributed by atoms with van der Waals surface area (Å²) in [7, 11) is 1.56. The normalized spacial score (nSPS) is 16.6. The molecule has 9 nitrogen and oxygen atoms in total. The van der Waals surface area contributed by atoms with Gasteiger partial charge in [0.25, 0.3) is 0 Å². The molecule has 0 amide bonds. The average Bonchev–Trinajstić information content (AvgIpc) is 3.30. The molecule has 2 heterocycles. The van der Waals surface area contributed by atoms with Crippen LogP contribution in [0, 0.1) is 12.8 Å². The van der Waals surface area contributed by atoms with Crippen LogP contribution in [0.1, 0.15) is 73.5 Å². The van der Waals surface area contributed by atoms with Crippen molar-refractivity contribution in [2.24, 2.45) is 5.92 Å². The zero-order valence-electron chi connectivity index (χ0n) is 23.4. The average molecular weight is 532 g/mol. The van der Waals surface area contributed by atoms with Crippen LogP contribution in [-0.2, 0) is 36.8 Å². The molecular formula is C29H41NO8. The monoisotopic (exact) mass is 531 g/mol. The van der Waals surface area contributed by atoms with Crippen LogP contribution in [0.15, 0.2) is 11.6 Å². The highest BCUT2D eigenvalue weighted by Gasteiger charge is 2.34. The lowest BCUT2D eigenvalue weighted by Crippen LogP contribution is -2.38. The zero-order valence-corrected chi connectivity index (χ0v) is 23.4. The summed E-state index contributed by atoms with van der Waals surface area (Å²) in [5.74, 6) is -0.650. The van der Waals surface area contributed by atoms with Gasteiger partial charge in [-0.3, -0.25) is 14.5 Å². The summed E-state index contributed by atoms with van der Waals surface area (Å²) >= 11 is 0. The largest absolute Gasteiger partial charge is 0.496 e. The second kappa shape index (κ2) is 14.3. The molecule has 0 radical (unpaired) electrons. The van der Waals surface area contributed by atoms with Crippen LogP contribution >= 0.6 is 0 Å². The number of benzene rings is 1. The van der Waals surface area contributed by atoms with Crippen molar-refractivity contribution in [1.29, 1.82) is 0 Å². The van der Waals surface area contributed by atoms with Crippen LogP contribution in [0.25, 0.3) is 0 Å². The molecule has 0 N–H and O–H groups in total. The standard InChI is InChI=1S/C29H41NO8/c1-6-7-20(3)28(32)38-27-22(26(34-5)21(4)23-18-37-29(33)25(23)27)10-8-19(2)9-11-24(31)36-17-14-30-12-15-35-16-13-30/h8,20H,6-7,9-18H2,1-5H3/b19-8+. The molecule has 2 aliphatic heterocycles. The number of esters is 3. The van der Waals surface area contributed by atoms with E-state index in [4.69, 9.17) is 23.7 Å². The van der Waals surface area contributed by atoms with E-state index in [0.29, 0.717) is 68.1 Å². The van der Waals surface area contributed by atoms with Crippen molar-refractivity contribution in [3.63, 3.8) is 0 Å². The first-order chi connectivity index (χ1) is 18.3. The smallest absolute Gasteiger partial charge is 0.342 e.